The maximum absolute atomic E-state index is 14.7. The highest BCUT2D eigenvalue weighted by molar-refractivity contribution is 7.86. The quantitative estimate of drug-likeness (QED) is 0.116. The van der Waals surface area contributed by atoms with Crippen LogP contribution in [0, 0.1) is 11.8 Å². The van der Waals surface area contributed by atoms with Gasteiger partial charge in [0.05, 0.1) is 73.9 Å². The van der Waals surface area contributed by atoms with Crippen LogP contribution >= 0.6 is 0 Å². The predicted octanol–water partition coefficient (Wildman–Crippen LogP) is 9.50. The monoisotopic (exact) mass is 1040 g/mol. The normalized spacial score (nSPS) is 41.8. The summed E-state index contributed by atoms with van der Waals surface area (Å²) in [7, 11) is -6.47. The molecule has 0 aliphatic carbocycles. The largest absolute Gasteiger partial charge is 0.414 e. The summed E-state index contributed by atoms with van der Waals surface area (Å²) in [5.41, 5.74) is 1.73. The summed E-state index contributed by atoms with van der Waals surface area (Å²) in [5.74, 6) is -0.889. The van der Waals surface area contributed by atoms with Gasteiger partial charge in [0, 0.05) is 51.6 Å². The third kappa shape index (κ3) is 12.0. The van der Waals surface area contributed by atoms with E-state index < -0.39 is 57.0 Å². The van der Waals surface area contributed by atoms with Crippen molar-refractivity contribution in [3.8, 4) is 0 Å². The molecule has 0 N–H and O–H groups in total. The number of ether oxygens (including phenoxy) is 8. The van der Waals surface area contributed by atoms with Crippen molar-refractivity contribution in [3.63, 3.8) is 0 Å². The van der Waals surface area contributed by atoms with E-state index in [1.165, 1.54) is 0 Å². The smallest absolute Gasteiger partial charge is 0.264 e. The minimum Gasteiger partial charge on any atom is -0.414 e. The van der Waals surface area contributed by atoms with Crippen LogP contribution in [0.5, 0.6) is 0 Å². The topological polar surface area (TPSA) is 153 Å². The average molecular weight is 1040 g/mol. The molecule has 400 valence electrons. The summed E-state index contributed by atoms with van der Waals surface area (Å²) in [4.78, 5) is 14.7. The minimum absolute atomic E-state index is 0.0213. The van der Waals surface area contributed by atoms with Gasteiger partial charge in [0.15, 0.2) is 22.4 Å². The van der Waals surface area contributed by atoms with Gasteiger partial charge >= 0.3 is 0 Å². The Labute approximate surface area is 423 Å². The lowest BCUT2D eigenvalue weighted by Gasteiger charge is -2.47. The van der Waals surface area contributed by atoms with Gasteiger partial charge in [-0.15, -0.1) is 0 Å². The zero-order chi connectivity index (χ0) is 50.9. The maximum Gasteiger partial charge on any atom is 0.264 e. The highest BCUT2D eigenvalue weighted by atomic mass is 32.2. The van der Waals surface area contributed by atoms with Crippen LogP contribution in [-0.4, -0.2) is 148 Å². The lowest BCUT2D eigenvalue weighted by Crippen LogP contribution is -2.61. The molecule has 0 amide bonds. The second kappa shape index (κ2) is 20.9. The Morgan fingerprint density at radius 1 is 0.771 bits per heavy atom. The Bertz CT molecular complexity index is 2000. The van der Waals surface area contributed by atoms with Crippen molar-refractivity contribution >= 4 is 32.5 Å². The molecule has 9 aliphatic rings. The number of hydrogen-bond donors (Lipinski definition) is 0. The second-order valence-electron chi connectivity index (χ2n) is 25.6. The van der Waals surface area contributed by atoms with Crippen LogP contribution in [0.3, 0.4) is 0 Å². The Hall–Kier alpha value is -0.906. The Morgan fingerprint density at radius 3 is 2.13 bits per heavy atom. The highest BCUT2D eigenvalue weighted by Gasteiger charge is 2.68. The summed E-state index contributed by atoms with van der Waals surface area (Å²) >= 11 is 0. The average Bonchev–Trinajstić information content (AvgIpc) is 3.81. The molecule has 10 bridgehead atoms. The fourth-order valence-corrected chi connectivity index (χ4v) is 15.3. The van der Waals surface area contributed by atoms with E-state index >= 15 is 0 Å². The molecule has 9 aliphatic heterocycles. The number of ketones is 1. The molecule has 9 rings (SSSR count). The number of methoxy groups -OCH3 is 1. The number of fused-ring (bicyclic) bond motifs is 4. The Kier molecular flexibility index (Phi) is 16.5. The van der Waals surface area contributed by atoms with Crippen LogP contribution in [0.4, 0.5) is 0 Å². The standard InChI is InChI=1S/C53H90O14SSi2/c1-31-18-16-17-23-53-29-44-47(64-53)48-49(63-44)50(65-53)46-40(62-48)22-20-36(60-46)25-34(54)26-38-42(28-41-33(3)32(2)24-35(59-41)19-21-39(31)66-68(11,55)56)61-43(45(38)57-10)27-37(67-70(14,15)52(7,8)9)30-58-69(12,13)51(4,5)6/h32,35-50H,1,3,16-30H2,2,4-15H3/t32-,35+,36?,37?,38?,39-,40+,41?,42?,43-,44?,45-,46+,47+,48+,49-,50+,53+/m1/s1. The summed E-state index contributed by atoms with van der Waals surface area (Å²) in [5, 5.41) is -0.00689. The molecule has 0 aromatic carbocycles. The fourth-order valence-electron chi connectivity index (χ4n) is 12.3. The third-order valence-electron chi connectivity index (χ3n) is 18.3. The first kappa shape index (κ1) is 55.3. The number of rotatable bonds is 10. The van der Waals surface area contributed by atoms with Gasteiger partial charge in [-0.1, -0.05) is 61.6 Å². The summed E-state index contributed by atoms with van der Waals surface area (Å²) in [6.45, 7) is 34.2. The summed E-state index contributed by atoms with van der Waals surface area (Å²) in [6.07, 6.45) is 4.38. The van der Waals surface area contributed by atoms with Crippen LogP contribution in [0.25, 0.3) is 0 Å². The van der Waals surface area contributed by atoms with E-state index in [2.05, 4.69) is 87.8 Å². The van der Waals surface area contributed by atoms with E-state index in [1.54, 1.807) is 7.11 Å². The van der Waals surface area contributed by atoms with E-state index in [4.69, 9.17) is 50.9 Å². The molecule has 14 nitrogen and oxygen atoms in total. The molecule has 17 heteroatoms. The second-order valence-corrected chi connectivity index (χ2v) is 36.8. The Morgan fingerprint density at radius 2 is 1.44 bits per heavy atom. The molecule has 9 fully saturated rings. The third-order valence-corrected chi connectivity index (χ3v) is 27.9. The van der Waals surface area contributed by atoms with Crippen molar-refractivity contribution in [2.24, 2.45) is 11.8 Å². The van der Waals surface area contributed by atoms with Crippen LogP contribution in [0.15, 0.2) is 24.3 Å². The maximum atomic E-state index is 14.7. The van der Waals surface area contributed by atoms with Gasteiger partial charge in [-0.25, -0.2) is 0 Å². The van der Waals surface area contributed by atoms with Gasteiger partial charge in [-0.3, -0.25) is 8.98 Å². The number of carbonyl (C=O) groups is 1. The van der Waals surface area contributed by atoms with E-state index in [0.717, 1.165) is 43.1 Å². The van der Waals surface area contributed by atoms with E-state index in [0.29, 0.717) is 58.0 Å². The van der Waals surface area contributed by atoms with Crippen LogP contribution in [0.1, 0.15) is 138 Å². The predicted molar refractivity (Wildman–Crippen MR) is 272 cm³/mol. The molecule has 0 saturated carbocycles. The number of hydrogen-bond acceptors (Lipinski definition) is 14. The molecule has 0 aromatic rings. The molecule has 1 spiro atoms. The van der Waals surface area contributed by atoms with E-state index in [-0.39, 0.29) is 108 Å². The van der Waals surface area contributed by atoms with Gasteiger partial charge in [-0.05, 0) is 105 Å². The minimum atomic E-state index is -3.78. The molecule has 6 unspecified atom stereocenters. The molecule has 9 saturated heterocycles. The summed E-state index contributed by atoms with van der Waals surface area (Å²) < 4.78 is 100. The van der Waals surface area contributed by atoms with E-state index in [1.807, 2.05) is 0 Å². The lowest BCUT2D eigenvalue weighted by molar-refractivity contribution is -0.292. The van der Waals surface area contributed by atoms with Crippen molar-refractivity contribution in [1.29, 1.82) is 0 Å². The fraction of sp³-hybridized carbons (Fsp3) is 0.906. The lowest BCUT2D eigenvalue weighted by atomic mass is 9.81. The van der Waals surface area contributed by atoms with E-state index in [9.17, 15) is 13.2 Å². The van der Waals surface area contributed by atoms with Gasteiger partial charge in [0.2, 0.25) is 0 Å². The first-order valence-electron chi connectivity index (χ1n) is 26.8. The SMILES string of the molecule is C=C1C2CC3O[C@H](CC(CO[Si](C)(C)C(C)(C)C)O[Si](C)(C)C(C)(C)C)[C@H](OC)C3CC(=O)CC3CC[C@@H]4O[C@@H]5[C@H]6OC7C[C@](CCCCC(=C)[C@H](OS(C)(=O)=O)CC[C@@H](C[C@H]1C)O2)(O[C@H]6[C@H]4O3)O[C@@H]75. The molecule has 70 heavy (non-hydrogen) atoms. The molecular weight excluding hydrogens is 949 g/mol. The van der Waals surface area contributed by atoms with Crippen molar-refractivity contribution in [2.75, 3.05) is 20.0 Å². The number of Topliss-reactive ketones (excluding diaryl/α,β-unsaturated/α-hetero) is 1. The molecule has 18 atom stereocenters. The first-order valence-corrected chi connectivity index (χ1v) is 34.4. The highest BCUT2D eigenvalue weighted by Crippen LogP contribution is 2.54. The van der Waals surface area contributed by atoms with Gasteiger partial charge in [0.1, 0.15) is 36.3 Å². The molecule has 0 radical (unpaired) electrons. The first-order chi connectivity index (χ1) is 32.6. The van der Waals surface area contributed by atoms with Crippen molar-refractivity contribution in [1.82, 2.24) is 0 Å². The zero-order valence-corrected chi connectivity index (χ0v) is 47.8. The van der Waals surface area contributed by atoms with Gasteiger partial charge < -0.3 is 46.7 Å². The molecular formula is C53H90O14SSi2. The van der Waals surface area contributed by atoms with Crippen molar-refractivity contribution < 1.29 is 64.1 Å². The molecule has 9 heterocycles. The zero-order valence-electron chi connectivity index (χ0n) is 45.0. The van der Waals surface area contributed by atoms with Crippen molar-refractivity contribution in [3.05, 3.63) is 24.3 Å². The Balaban J connectivity index is 1.08. The van der Waals surface area contributed by atoms with Gasteiger partial charge in [-0.2, -0.15) is 8.42 Å². The van der Waals surface area contributed by atoms with Gasteiger partial charge in [0.25, 0.3) is 10.1 Å². The number of carbonyl (C=O) groups excluding carboxylic acids is 1. The van der Waals surface area contributed by atoms with Crippen LogP contribution in [0.2, 0.25) is 36.3 Å². The van der Waals surface area contributed by atoms with Crippen LogP contribution in [-0.2, 0) is 65.8 Å². The summed E-state index contributed by atoms with van der Waals surface area (Å²) in [6, 6.07) is 0. The van der Waals surface area contributed by atoms with Crippen LogP contribution < -0.4 is 0 Å². The molecule has 0 aromatic heterocycles. The van der Waals surface area contributed by atoms with Crippen molar-refractivity contribution in [2.45, 2.75) is 272 Å².